The molecule has 3 aromatic heterocycles. The van der Waals surface area contributed by atoms with Crippen LogP contribution >= 0.6 is 0 Å². The van der Waals surface area contributed by atoms with Crippen molar-refractivity contribution in [2.24, 2.45) is 7.05 Å². The van der Waals surface area contributed by atoms with Crippen molar-refractivity contribution in [3.8, 4) is 0 Å². The van der Waals surface area contributed by atoms with Gasteiger partial charge in [-0.2, -0.15) is 19.7 Å². The topological polar surface area (TPSA) is 84.4 Å². The minimum Gasteiger partial charge on any atom is -0.366 e. The van der Waals surface area contributed by atoms with E-state index in [-0.39, 0.29) is 5.56 Å². The Morgan fingerprint density at radius 3 is 2.72 bits per heavy atom. The van der Waals surface area contributed by atoms with E-state index in [1.54, 1.807) is 23.8 Å². The molecule has 0 saturated carbocycles. The number of nitrogens with zero attached hydrogens (tertiary/aromatic N) is 8. The molecular weight excluding hydrogens is 320 g/mol. The largest absolute Gasteiger partial charge is 0.366 e. The molecule has 3 aromatic rings. The highest BCUT2D eigenvalue weighted by atomic mass is 16.1. The van der Waals surface area contributed by atoms with Gasteiger partial charge in [0, 0.05) is 44.5 Å². The van der Waals surface area contributed by atoms with E-state index in [9.17, 15) is 4.79 Å². The molecule has 0 aliphatic carbocycles. The van der Waals surface area contributed by atoms with Crippen molar-refractivity contribution >= 4 is 17.3 Å². The summed E-state index contributed by atoms with van der Waals surface area (Å²) in [4.78, 5) is 24.8. The van der Waals surface area contributed by atoms with Gasteiger partial charge in [0.2, 0.25) is 0 Å². The first kappa shape index (κ1) is 15.6. The first-order chi connectivity index (χ1) is 12.0. The van der Waals surface area contributed by atoms with Crippen LogP contribution in [0.1, 0.15) is 11.3 Å². The Balaban J connectivity index is 1.59. The van der Waals surface area contributed by atoms with Gasteiger partial charge in [0.05, 0.1) is 17.9 Å². The molecule has 9 nitrogen and oxygen atoms in total. The number of anilines is 2. The van der Waals surface area contributed by atoms with Gasteiger partial charge in [0.15, 0.2) is 0 Å². The molecule has 9 heteroatoms. The number of rotatable bonds is 3. The van der Waals surface area contributed by atoms with Gasteiger partial charge in [-0.25, -0.2) is 9.67 Å². The zero-order chi connectivity index (χ0) is 17.7. The van der Waals surface area contributed by atoms with E-state index >= 15 is 0 Å². The third-order valence-electron chi connectivity index (χ3n) is 4.94. The lowest BCUT2D eigenvalue weighted by Crippen LogP contribution is -2.59. The zero-order valence-electron chi connectivity index (χ0n) is 14.7. The second-order valence-corrected chi connectivity index (χ2v) is 6.46. The van der Waals surface area contributed by atoms with Crippen LogP contribution in [0.3, 0.4) is 0 Å². The second-order valence-electron chi connectivity index (χ2n) is 6.46. The fraction of sp³-hybridized carbons (Fsp3) is 0.438. The van der Waals surface area contributed by atoms with Gasteiger partial charge in [-0.05, 0) is 13.8 Å². The van der Waals surface area contributed by atoms with Gasteiger partial charge in [0.1, 0.15) is 12.1 Å². The van der Waals surface area contributed by atoms with E-state index in [1.807, 2.05) is 6.92 Å². The maximum Gasteiger partial charge on any atom is 0.268 e. The summed E-state index contributed by atoms with van der Waals surface area (Å²) in [5, 5.41) is 8.40. The number of fused-ring (bicyclic) bond motifs is 1. The molecule has 1 aliphatic heterocycles. The van der Waals surface area contributed by atoms with Gasteiger partial charge in [-0.1, -0.05) is 0 Å². The normalized spacial score (nSPS) is 14.8. The predicted molar refractivity (Wildman–Crippen MR) is 94.1 cm³/mol. The molecule has 4 heterocycles. The third kappa shape index (κ3) is 2.43. The highest BCUT2D eigenvalue weighted by molar-refractivity contribution is 5.57. The molecule has 0 atom stereocenters. The average Bonchev–Trinajstić information content (AvgIpc) is 2.97. The number of likely N-dealkylation sites (N-methyl/N-ethyl adjacent to an activating group) is 1. The lowest BCUT2D eigenvalue weighted by molar-refractivity contribution is 0.488. The fourth-order valence-electron chi connectivity index (χ4n) is 3.15. The van der Waals surface area contributed by atoms with Crippen LogP contribution < -0.4 is 15.4 Å². The van der Waals surface area contributed by atoms with Crippen LogP contribution in [0.2, 0.25) is 0 Å². The summed E-state index contributed by atoms with van der Waals surface area (Å²) in [6, 6.07) is 1.94. The molecule has 130 valence electrons. The van der Waals surface area contributed by atoms with Crippen molar-refractivity contribution in [3.63, 3.8) is 0 Å². The smallest absolute Gasteiger partial charge is 0.268 e. The summed E-state index contributed by atoms with van der Waals surface area (Å²) in [7, 11) is 3.71. The summed E-state index contributed by atoms with van der Waals surface area (Å²) in [5.41, 5.74) is 2.81. The fourth-order valence-corrected chi connectivity index (χ4v) is 3.15. The molecule has 0 N–H and O–H groups in total. The Bertz CT molecular complexity index is 1000. The molecule has 25 heavy (non-hydrogen) atoms. The quantitative estimate of drug-likeness (QED) is 0.671. The van der Waals surface area contributed by atoms with Crippen LogP contribution in [0.4, 0.5) is 11.5 Å². The van der Waals surface area contributed by atoms with E-state index in [1.165, 1.54) is 11.0 Å². The maximum absolute atomic E-state index is 11.8. The van der Waals surface area contributed by atoms with Crippen LogP contribution in [0.25, 0.3) is 5.78 Å². The summed E-state index contributed by atoms with van der Waals surface area (Å²) >= 11 is 0. The van der Waals surface area contributed by atoms with Crippen LogP contribution in [0, 0.1) is 13.8 Å². The summed E-state index contributed by atoms with van der Waals surface area (Å²) in [6.45, 7) is 5.68. The van der Waals surface area contributed by atoms with Crippen molar-refractivity contribution in [2.75, 3.05) is 29.9 Å². The molecule has 0 aromatic carbocycles. The second kappa shape index (κ2) is 5.54. The van der Waals surface area contributed by atoms with Crippen LogP contribution in [0.15, 0.2) is 23.4 Å². The van der Waals surface area contributed by atoms with Gasteiger partial charge in [0.25, 0.3) is 11.3 Å². The molecular formula is C16H20N8O. The SMILES string of the molecule is Cc1nc2ncnn2c(N(C)C2CN(c3cnn(C)c(=O)c3)C2)c1C. The Hall–Kier alpha value is -2.97. The number of aromatic nitrogens is 6. The molecule has 1 aliphatic rings. The first-order valence-corrected chi connectivity index (χ1v) is 8.14. The van der Waals surface area contributed by atoms with Gasteiger partial charge >= 0.3 is 0 Å². The molecule has 0 amide bonds. The van der Waals surface area contributed by atoms with E-state index in [0.29, 0.717) is 11.8 Å². The van der Waals surface area contributed by atoms with E-state index < -0.39 is 0 Å². The molecule has 0 bridgehead atoms. The Morgan fingerprint density at radius 2 is 2.00 bits per heavy atom. The van der Waals surface area contributed by atoms with Crippen molar-refractivity contribution in [3.05, 3.63) is 40.2 Å². The number of hydrogen-bond donors (Lipinski definition) is 0. The molecule has 0 radical (unpaired) electrons. The average molecular weight is 340 g/mol. The number of hydrogen-bond acceptors (Lipinski definition) is 7. The minimum absolute atomic E-state index is 0.0979. The minimum atomic E-state index is -0.0979. The summed E-state index contributed by atoms with van der Waals surface area (Å²) in [5.74, 6) is 1.61. The molecule has 0 spiro atoms. The lowest BCUT2D eigenvalue weighted by Gasteiger charge is -2.46. The van der Waals surface area contributed by atoms with Gasteiger partial charge < -0.3 is 9.80 Å². The predicted octanol–water partition coefficient (Wildman–Crippen LogP) is 0.160. The summed E-state index contributed by atoms with van der Waals surface area (Å²) in [6.07, 6.45) is 3.26. The molecule has 4 rings (SSSR count). The van der Waals surface area contributed by atoms with Gasteiger partial charge in [-0.15, -0.1) is 0 Å². The highest BCUT2D eigenvalue weighted by Crippen LogP contribution is 2.28. The van der Waals surface area contributed by atoms with Crippen LogP contribution in [-0.4, -0.2) is 55.5 Å². The molecule has 0 unspecified atom stereocenters. The van der Waals surface area contributed by atoms with Crippen molar-refractivity contribution in [2.45, 2.75) is 19.9 Å². The van der Waals surface area contributed by atoms with Crippen molar-refractivity contribution in [1.29, 1.82) is 0 Å². The summed E-state index contributed by atoms with van der Waals surface area (Å²) < 4.78 is 3.11. The Kier molecular flexibility index (Phi) is 3.45. The first-order valence-electron chi connectivity index (χ1n) is 8.14. The third-order valence-corrected chi connectivity index (χ3v) is 4.94. The molecule has 1 fully saturated rings. The van der Waals surface area contributed by atoms with Crippen molar-refractivity contribution < 1.29 is 0 Å². The van der Waals surface area contributed by atoms with Crippen molar-refractivity contribution in [1.82, 2.24) is 29.4 Å². The lowest BCUT2D eigenvalue weighted by atomic mass is 10.1. The Morgan fingerprint density at radius 1 is 1.24 bits per heavy atom. The highest BCUT2D eigenvalue weighted by Gasteiger charge is 2.33. The van der Waals surface area contributed by atoms with Gasteiger partial charge in [-0.3, -0.25) is 4.79 Å². The maximum atomic E-state index is 11.8. The molecule has 1 saturated heterocycles. The monoisotopic (exact) mass is 340 g/mol. The van der Waals surface area contributed by atoms with Crippen LogP contribution in [-0.2, 0) is 7.05 Å². The Labute approximate surface area is 144 Å². The van der Waals surface area contributed by atoms with E-state index in [2.05, 4.69) is 43.9 Å². The standard InChI is InChI=1S/C16H20N8O/c1-10-11(2)20-16-17-9-19-24(16)15(10)21(3)13-7-23(8-13)12-5-14(25)22(4)18-6-12/h5-6,9,13H,7-8H2,1-4H3. The van der Waals surface area contributed by atoms with E-state index in [0.717, 1.165) is 35.9 Å². The zero-order valence-corrected chi connectivity index (χ0v) is 14.7. The van der Waals surface area contributed by atoms with Crippen LogP contribution in [0.5, 0.6) is 0 Å². The number of aryl methyl sites for hydroxylation is 2. The van der Waals surface area contributed by atoms with E-state index in [4.69, 9.17) is 0 Å².